The summed E-state index contributed by atoms with van der Waals surface area (Å²) >= 11 is 5.79. The molecule has 2 rings (SSSR count). The molecule has 108 valence electrons. The van der Waals surface area contributed by atoms with Gasteiger partial charge in [-0.05, 0) is 47.9 Å². The number of rotatable bonds is 4. The van der Waals surface area contributed by atoms with Gasteiger partial charge in [0.1, 0.15) is 5.82 Å². The van der Waals surface area contributed by atoms with E-state index in [0.29, 0.717) is 17.1 Å². The van der Waals surface area contributed by atoms with E-state index in [1.807, 2.05) is 12.1 Å². The van der Waals surface area contributed by atoms with Crippen LogP contribution in [-0.4, -0.2) is 5.91 Å². The Hall–Kier alpha value is -2.13. The van der Waals surface area contributed by atoms with Crippen LogP contribution < -0.4 is 5.32 Å². The minimum atomic E-state index is -0.243. The van der Waals surface area contributed by atoms with Crippen molar-refractivity contribution in [3.8, 4) is 0 Å². The molecular formula is C17H15ClFNO. The van der Waals surface area contributed by atoms with Crippen LogP contribution in [0.1, 0.15) is 16.7 Å². The normalized spacial score (nSPS) is 10.8. The van der Waals surface area contributed by atoms with Crippen molar-refractivity contribution >= 4 is 23.6 Å². The average molecular weight is 304 g/mol. The number of carbonyl (C=O) groups excluding carboxylic acids is 1. The molecule has 2 aromatic carbocycles. The molecule has 1 amide bonds. The lowest BCUT2D eigenvalue weighted by Gasteiger charge is -2.04. The molecule has 0 atom stereocenters. The highest BCUT2D eigenvalue weighted by Crippen LogP contribution is 2.11. The number of carbonyl (C=O) groups is 1. The summed E-state index contributed by atoms with van der Waals surface area (Å²) < 4.78 is 13.1. The molecule has 0 bridgehead atoms. The Kier molecular flexibility index (Phi) is 5.12. The van der Waals surface area contributed by atoms with Gasteiger partial charge >= 0.3 is 0 Å². The Morgan fingerprint density at radius 1 is 1.24 bits per heavy atom. The monoisotopic (exact) mass is 303 g/mol. The molecule has 0 saturated heterocycles. The number of halogens is 2. The Bertz CT molecular complexity index is 665. The van der Waals surface area contributed by atoms with E-state index in [9.17, 15) is 9.18 Å². The standard InChI is InChI=1S/C17H15ClFNO/c1-12-10-14(4-8-16(12)19)11-20-17(21)9-5-13-2-6-15(18)7-3-13/h2-10H,11H2,1H3,(H,20,21)/b9-5+. The van der Waals surface area contributed by atoms with E-state index in [-0.39, 0.29) is 11.7 Å². The zero-order chi connectivity index (χ0) is 15.2. The molecule has 21 heavy (non-hydrogen) atoms. The first-order chi connectivity index (χ1) is 10.0. The van der Waals surface area contributed by atoms with Gasteiger partial charge in [-0.25, -0.2) is 4.39 Å². The highest BCUT2D eigenvalue weighted by Gasteiger charge is 2.00. The SMILES string of the molecule is Cc1cc(CNC(=O)/C=C/c2ccc(Cl)cc2)ccc1F. The molecule has 0 unspecified atom stereocenters. The van der Waals surface area contributed by atoms with Gasteiger partial charge in [0.05, 0.1) is 0 Å². The van der Waals surface area contributed by atoms with Gasteiger partial charge in [-0.1, -0.05) is 35.9 Å². The molecule has 0 heterocycles. The molecule has 0 aliphatic carbocycles. The van der Waals surface area contributed by atoms with Gasteiger partial charge in [0, 0.05) is 17.6 Å². The van der Waals surface area contributed by atoms with Gasteiger partial charge in [0.15, 0.2) is 0 Å². The third kappa shape index (κ3) is 4.72. The van der Waals surface area contributed by atoms with Crippen LogP contribution in [0, 0.1) is 12.7 Å². The Balaban J connectivity index is 1.89. The van der Waals surface area contributed by atoms with Gasteiger partial charge in [-0.3, -0.25) is 4.79 Å². The highest BCUT2D eigenvalue weighted by molar-refractivity contribution is 6.30. The number of hydrogen-bond donors (Lipinski definition) is 1. The summed E-state index contributed by atoms with van der Waals surface area (Å²) in [7, 11) is 0. The smallest absolute Gasteiger partial charge is 0.244 e. The van der Waals surface area contributed by atoms with Crippen LogP contribution in [0.5, 0.6) is 0 Å². The molecule has 0 radical (unpaired) electrons. The zero-order valence-corrected chi connectivity index (χ0v) is 12.3. The Morgan fingerprint density at radius 3 is 2.62 bits per heavy atom. The van der Waals surface area contributed by atoms with Crippen molar-refractivity contribution < 1.29 is 9.18 Å². The van der Waals surface area contributed by atoms with Crippen LogP contribution in [0.2, 0.25) is 5.02 Å². The molecule has 0 spiro atoms. The van der Waals surface area contributed by atoms with E-state index in [1.54, 1.807) is 37.3 Å². The molecule has 0 aromatic heterocycles. The summed E-state index contributed by atoms with van der Waals surface area (Å²) in [4.78, 5) is 11.7. The lowest BCUT2D eigenvalue weighted by molar-refractivity contribution is -0.116. The third-order valence-corrected chi connectivity index (χ3v) is 3.24. The maximum absolute atomic E-state index is 13.1. The van der Waals surface area contributed by atoms with Crippen molar-refractivity contribution in [1.29, 1.82) is 0 Å². The van der Waals surface area contributed by atoms with Crippen LogP contribution in [0.3, 0.4) is 0 Å². The number of hydrogen-bond acceptors (Lipinski definition) is 1. The second-order valence-electron chi connectivity index (χ2n) is 4.69. The van der Waals surface area contributed by atoms with Crippen molar-refractivity contribution in [3.63, 3.8) is 0 Å². The van der Waals surface area contributed by atoms with Gasteiger partial charge in [-0.2, -0.15) is 0 Å². The first-order valence-corrected chi connectivity index (χ1v) is 6.89. The van der Waals surface area contributed by atoms with E-state index in [4.69, 9.17) is 11.6 Å². The van der Waals surface area contributed by atoms with Crippen LogP contribution in [0.25, 0.3) is 6.08 Å². The van der Waals surface area contributed by atoms with Gasteiger partial charge < -0.3 is 5.32 Å². The molecule has 2 nitrogen and oxygen atoms in total. The molecule has 0 saturated carbocycles. The molecule has 0 aliphatic rings. The first-order valence-electron chi connectivity index (χ1n) is 6.51. The van der Waals surface area contributed by atoms with Crippen LogP contribution in [0.15, 0.2) is 48.5 Å². The van der Waals surface area contributed by atoms with Crippen molar-refractivity contribution in [2.75, 3.05) is 0 Å². The van der Waals surface area contributed by atoms with E-state index >= 15 is 0 Å². The van der Waals surface area contributed by atoms with E-state index in [1.165, 1.54) is 12.1 Å². The van der Waals surface area contributed by atoms with Crippen molar-refractivity contribution in [2.45, 2.75) is 13.5 Å². The number of benzene rings is 2. The Morgan fingerprint density at radius 2 is 1.95 bits per heavy atom. The molecule has 0 fully saturated rings. The average Bonchev–Trinajstić information content (AvgIpc) is 2.48. The van der Waals surface area contributed by atoms with E-state index < -0.39 is 0 Å². The second kappa shape index (κ2) is 7.04. The lowest BCUT2D eigenvalue weighted by Crippen LogP contribution is -2.20. The topological polar surface area (TPSA) is 29.1 Å². The molecule has 0 aliphatic heterocycles. The zero-order valence-electron chi connectivity index (χ0n) is 11.6. The minimum Gasteiger partial charge on any atom is -0.348 e. The van der Waals surface area contributed by atoms with Crippen LogP contribution in [-0.2, 0) is 11.3 Å². The minimum absolute atomic E-state index is 0.202. The fourth-order valence-corrected chi connectivity index (χ4v) is 1.94. The van der Waals surface area contributed by atoms with E-state index in [0.717, 1.165) is 11.1 Å². The quantitative estimate of drug-likeness (QED) is 0.846. The summed E-state index contributed by atoms with van der Waals surface area (Å²) in [5.74, 6) is -0.445. The summed E-state index contributed by atoms with van der Waals surface area (Å²) in [6.45, 7) is 2.06. The molecule has 2 aromatic rings. The first kappa shape index (κ1) is 15.3. The molecule has 4 heteroatoms. The summed E-state index contributed by atoms with van der Waals surface area (Å²) in [6.07, 6.45) is 3.17. The van der Waals surface area contributed by atoms with Gasteiger partial charge in [-0.15, -0.1) is 0 Å². The van der Waals surface area contributed by atoms with Crippen molar-refractivity contribution in [2.24, 2.45) is 0 Å². The van der Waals surface area contributed by atoms with E-state index in [2.05, 4.69) is 5.32 Å². The summed E-state index contributed by atoms with van der Waals surface area (Å²) in [5, 5.41) is 3.41. The maximum atomic E-state index is 13.1. The fraction of sp³-hybridized carbons (Fsp3) is 0.118. The van der Waals surface area contributed by atoms with Gasteiger partial charge in [0.25, 0.3) is 0 Å². The fourth-order valence-electron chi connectivity index (χ4n) is 1.81. The van der Waals surface area contributed by atoms with Crippen LogP contribution in [0.4, 0.5) is 4.39 Å². The molecular weight excluding hydrogens is 289 g/mol. The predicted octanol–water partition coefficient (Wildman–Crippen LogP) is 4.12. The van der Waals surface area contributed by atoms with Crippen molar-refractivity contribution in [1.82, 2.24) is 5.32 Å². The number of amides is 1. The predicted molar refractivity (Wildman–Crippen MR) is 83.5 cm³/mol. The number of aryl methyl sites for hydroxylation is 1. The van der Waals surface area contributed by atoms with Crippen molar-refractivity contribution in [3.05, 3.63) is 76.1 Å². The second-order valence-corrected chi connectivity index (χ2v) is 5.12. The molecule has 1 N–H and O–H groups in total. The number of nitrogens with one attached hydrogen (secondary N) is 1. The van der Waals surface area contributed by atoms with Gasteiger partial charge in [0.2, 0.25) is 5.91 Å². The largest absolute Gasteiger partial charge is 0.348 e. The third-order valence-electron chi connectivity index (χ3n) is 2.99. The summed E-state index contributed by atoms with van der Waals surface area (Å²) in [5.41, 5.74) is 2.33. The maximum Gasteiger partial charge on any atom is 0.244 e. The Labute approximate surface area is 128 Å². The summed E-state index contributed by atoms with van der Waals surface area (Å²) in [6, 6.07) is 12.0. The lowest BCUT2D eigenvalue weighted by atomic mass is 10.1. The van der Waals surface area contributed by atoms with Crippen LogP contribution >= 0.6 is 11.6 Å². The highest BCUT2D eigenvalue weighted by atomic mass is 35.5.